The molecule has 3 nitrogen and oxygen atoms in total. The third kappa shape index (κ3) is 1.99. The molecule has 0 aromatic carbocycles. The second-order valence-corrected chi connectivity index (χ2v) is 3.76. The van der Waals surface area contributed by atoms with E-state index < -0.39 is 0 Å². The van der Waals surface area contributed by atoms with Crippen molar-refractivity contribution < 1.29 is 4.74 Å². The van der Waals surface area contributed by atoms with Crippen LogP contribution >= 0.6 is 15.9 Å². The summed E-state index contributed by atoms with van der Waals surface area (Å²) >= 11 is 3.23. The first-order chi connectivity index (χ1) is 6.29. The number of nitriles is 1. The van der Waals surface area contributed by atoms with E-state index in [-0.39, 0.29) is 0 Å². The molecule has 0 spiro atoms. The predicted molar refractivity (Wildman–Crippen MR) is 50.3 cm³/mol. The largest absolute Gasteiger partial charge is 0.474 e. The van der Waals surface area contributed by atoms with Crippen LogP contribution in [0.2, 0.25) is 0 Å². The highest BCUT2D eigenvalue weighted by molar-refractivity contribution is 9.10. The van der Waals surface area contributed by atoms with Crippen LogP contribution in [0, 0.1) is 11.3 Å². The molecule has 0 bridgehead atoms. The molecule has 1 fully saturated rings. The fourth-order valence-corrected chi connectivity index (χ4v) is 1.23. The number of nitrogens with zero attached hydrogens (tertiary/aromatic N) is 2. The van der Waals surface area contributed by atoms with E-state index in [9.17, 15) is 0 Å². The van der Waals surface area contributed by atoms with Gasteiger partial charge in [0.05, 0.1) is 4.47 Å². The third-order valence-electron chi connectivity index (χ3n) is 1.74. The van der Waals surface area contributed by atoms with Crippen molar-refractivity contribution in [3.63, 3.8) is 0 Å². The molecule has 1 aliphatic carbocycles. The van der Waals surface area contributed by atoms with E-state index in [4.69, 9.17) is 10.00 Å². The highest BCUT2D eigenvalue weighted by Gasteiger charge is 2.24. The van der Waals surface area contributed by atoms with E-state index in [1.165, 1.54) is 0 Å². The van der Waals surface area contributed by atoms with Crippen molar-refractivity contribution in [2.45, 2.75) is 18.9 Å². The van der Waals surface area contributed by atoms with Crippen molar-refractivity contribution in [3.8, 4) is 11.9 Å². The van der Waals surface area contributed by atoms with Gasteiger partial charge in [-0.2, -0.15) is 5.26 Å². The van der Waals surface area contributed by atoms with Crippen molar-refractivity contribution in [3.05, 3.63) is 22.3 Å². The van der Waals surface area contributed by atoms with Gasteiger partial charge in [0.25, 0.3) is 0 Å². The summed E-state index contributed by atoms with van der Waals surface area (Å²) in [6.45, 7) is 0. The van der Waals surface area contributed by atoms with Crippen molar-refractivity contribution in [2.75, 3.05) is 0 Å². The van der Waals surface area contributed by atoms with Gasteiger partial charge in [0.1, 0.15) is 12.2 Å². The number of ether oxygens (including phenoxy) is 1. The SMILES string of the molecule is N#Cc1nc(OC2CC2)ccc1Br. The highest BCUT2D eigenvalue weighted by Crippen LogP contribution is 2.26. The fourth-order valence-electron chi connectivity index (χ4n) is 0.925. The molecule has 1 aliphatic rings. The standard InChI is InChI=1S/C9H7BrN2O/c10-7-3-4-9(12-8(7)5-11)13-6-1-2-6/h3-4,6H,1-2H2. The molecule has 2 rings (SSSR count). The van der Waals surface area contributed by atoms with Crippen LogP contribution in [0.25, 0.3) is 0 Å². The van der Waals surface area contributed by atoms with Gasteiger partial charge in [-0.1, -0.05) is 0 Å². The van der Waals surface area contributed by atoms with Crippen LogP contribution in [0.1, 0.15) is 18.5 Å². The zero-order valence-corrected chi connectivity index (χ0v) is 8.41. The molecule has 0 amide bonds. The number of pyridine rings is 1. The molecule has 0 radical (unpaired) electrons. The Labute approximate surface area is 84.5 Å². The van der Waals surface area contributed by atoms with E-state index in [1.54, 1.807) is 12.1 Å². The van der Waals surface area contributed by atoms with Gasteiger partial charge in [-0.25, -0.2) is 4.98 Å². The topological polar surface area (TPSA) is 45.9 Å². The van der Waals surface area contributed by atoms with Crippen LogP contribution in [0.5, 0.6) is 5.88 Å². The molecule has 1 saturated carbocycles. The van der Waals surface area contributed by atoms with Gasteiger partial charge in [-0.15, -0.1) is 0 Å². The van der Waals surface area contributed by atoms with Crippen LogP contribution in [-0.4, -0.2) is 11.1 Å². The summed E-state index contributed by atoms with van der Waals surface area (Å²) in [5.41, 5.74) is 0.373. The minimum Gasteiger partial charge on any atom is -0.474 e. The molecule has 0 unspecified atom stereocenters. The van der Waals surface area contributed by atoms with Gasteiger partial charge in [-0.3, -0.25) is 0 Å². The van der Waals surface area contributed by atoms with E-state index >= 15 is 0 Å². The molecular weight excluding hydrogens is 232 g/mol. The summed E-state index contributed by atoms with van der Waals surface area (Å²) in [5.74, 6) is 0.544. The minimum absolute atomic E-state index is 0.320. The van der Waals surface area contributed by atoms with E-state index in [1.807, 2.05) is 6.07 Å². The van der Waals surface area contributed by atoms with Crippen molar-refractivity contribution in [1.29, 1.82) is 5.26 Å². The van der Waals surface area contributed by atoms with E-state index in [2.05, 4.69) is 20.9 Å². The smallest absolute Gasteiger partial charge is 0.214 e. The lowest BCUT2D eigenvalue weighted by Gasteiger charge is -2.03. The van der Waals surface area contributed by atoms with Crippen molar-refractivity contribution in [1.82, 2.24) is 4.98 Å². The van der Waals surface area contributed by atoms with Crippen LogP contribution in [0.4, 0.5) is 0 Å². The number of rotatable bonds is 2. The second-order valence-electron chi connectivity index (χ2n) is 2.91. The van der Waals surface area contributed by atoms with Crippen molar-refractivity contribution in [2.24, 2.45) is 0 Å². The molecule has 0 N–H and O–H groups in total. The number of aromatic nitrogens is 1. The van der Waals surface area contributed by atoms with Gasteiger partial charge >= 0.3 is 0 Å². The summed E-state index contributed by atoms with van der Waals surface area (Å²) in [6.07, 6.45) is 2.51. The molecule has 1 heterocycles. The Morgan fingerprint density at radius 2 is 2.31 bits per heavy atom. The van der Waals surface area contributed by atoms with E-state index in [0.29, 0.717) is 22.2 Å². The number of hydrogen-bond acceptors (Lipinski definition) is 3. The summed E-state index contributed by atoms with van der Waals surface area (Å²) < 4.78 is 6.15. The Hall–Kier alpha value is -1.08. The average Bonchev–Trinajstić information content (AvgIpc) is 2.92. The first-order valence-electron chi connectivity index (χ1n) is 4.03. The van der Waals surface area contributed by atoms with Crippen LogP contribution in [0.15, 0.2) is 16.6 Å². The normalized spacial score (nSPS) is 15.1. The number of hydrogen-bond donors (Lipinski definition) is 0. The van der Waals surface area contributed by atoms with E-state index in [0.717, 1.165) is 12.8 Å². The number of halogens is 1. The molecular formula is C9H7BrN2O. The first kappa shape index (κ1) is 8.52. The van der Waals surface area contributed by atoms with Gasteiger partial charge < -0.3 is 4.74 Å². The Bertz CT molecular complexity index is 368. The molecule has 66 valence electrons. The lowest BCUT2D eigenvalue weighted by Crippen LogP contribution is -1.99. The lowest BCUT2D eigenvalue weighted by atomic mass is 10.4. The maximum Gasteiger partial charge on any atom is 0.214 e. The maximum atomic E-state index is 8.69. The summed E-state index contributed by atoms with van der Waals surface area (Å²) in [7, 11) is 0. The van der Waals surface area contributed by atoms with Gasteiger partial charge in [0.2, 0.25) is 5.88 Å². The Kier molecular flexibility index (Phi) is 2.19. The zero-order valence-electron chi connectivity index (χ0n) is 6.83. The molecule has 0 saturated heterocycles. The molecule has 4 heteroatoms. The van der Waals surface area contributed by atoms with Gasteiger partial charge in [0, 0.05) is 6.07 Å². The third-order valence-corrected chi connectivity index (χ3v) is 2.38. The Morgan fingerprint density at radius 1 is 1.54 bits per heavy atom. The predicted octanol–water partition coefficient (Wildman–Crippen LogP) is 2.26. The monoisotopic (exact) mass is 238 g/mol. The van der Waals surface area contributed by atoms with Crippen LogP contribution in [-0.2, 0) is 0 Å². The van der Waals surface area contributed by atoms with Crippen LogP contribution in [0.3, 0.4) is 0 Å². The minimum atomic E-state index is 0.320. The second kappa shape index (κ2) is 3.35. The zero-order chi connectivity index (χ0) is 9.26. The summed E-state index contributed by atoms with van der Waals surface area (Å²) in [6, 6.07) is 5.54. The summed E-state index contributed by atoms with van der Waals surface area (Å²) in [4.78, 5) is 4.04. The summed E-state index contributed by atoms with van der Waals surface area (Å²) in [5, 5.41) is 8.69. The fraction of sp³-hybridized carbons (Fsp3) is 0.333. The quantitative estimate of drug-likeness (QED) is 0.795. The Balaban J connectivity index is 2.22. The maximum absolute atomic E-state index is 8.69. The van der Waals surface area contributed by atoms with Crippen LogP contribution < -0.4 is 4.74 Å². The Morgan fingerprint density at radius 3 is 2.92 bits per heavy atom. The molecule has 1 aromatic heterocycles. The van der Waals surface area contributed by atoms with Crippen molar-refractivity contribution >= 4 is 15.9 Å². The lowest BCUT2D eigenvalue weighted by molar-refractivity contribution is 0.291. The average molecular weight is 239 g/mol. The molecule has 13 heavy (non-hydrogen) atoms. The molecule has 0 aliphatic heterocycles. The van der Waals surface area contributed by atoms with Gasteiger partial charge in [0.15, 0.2) is 5.69 Å². The first-order valence-corrected chi connectivity index (χ1v) is 4.82. The molecule has 1 aromatic rings. The molecule has 0 atom stereocenters. The highest BCUT2D eigenvalue weighted by atomic mass is 79.9. The van der Waals surface area contributed by atoms with Gasteiger partial charge in [-0.05, 0) is 34.8 Å².